The first-order valence-electron chi connectivity index (χ1n) is 5.72. The van der Waals surface area contributed by atoms with E-state index < -0.39 is 0 Å². The van der Waals surface area contributed by atoms with Crippen LogP contribution in [0.15, 0.2) is 0 Å². The maximum atomic E-state index is 11.2. The molecule has 0 spiro atoms. The molecule has 0 saturated heterocycles. The number of carbonyl (C=O) groups is 1. The van der Waals surface area contributed by atoms with Crippen molar-refractivity contribution in [2.24, 2.45) is 11.8 Å². The van der Waals surface area contributed by atoms with E-state index in [1.807, 2.05) is 13.8 Å². The molecule has 90 valence electrons. The lowest BCUT2D eigenvalue weighted by Crippen LogP contribution is -2.13. The summed E-state index contributed by atoms with van der Waals surface area (Å²) in [5.74, 6) is 0.941. The first-order chi connectivity index (χ1) is 7.04. The molecule has 0 saturated carbocycles. The number of hydrogen-bond donors (Lipinski definition) is 0. The largest absolute Gasteiger partial charge is 0.379 e. The molecule has 0 aromatic carbocycles. The van der Waals surface area contributed by atoms with E-state index in [2.05, 4.69) is 13.8 Å². The molecular formula is C12H24O3. The van der Waals surface area contributed by atoms with Crippen molar-refractivity contribution in [3.8, 4) is 0 Å². The highest BCUT2D eigenvalue weighted by atomic mass is 16.5. The fourth-order valence-electron chi connectivity index (χ4n) is 1.00. The molecule has 0 amide bonds. The minimum atomic E-state index is 0.116. The van der Waals surface area contributed by atoms with Crippen molar-refractivity contribution < 1.29 is 14.3 Å². The van der Waals surface area contributed by atoms with E-state index in [1.54, 1.807) is 0 Å². The fourth-order valence-corrected chi connectivity index (χ4v) is 1.00. The molecule has 0 atom stereocenters. The van der Waals surface area contributed by atoms with E-state index in [9.17, 15) is 4.79 Å². The minimum absolute atomic E-state index is 0.116. The molecule has 0 aliphatic heterocycles. The van der Waals surface area contributed by atoms with Crippen molar-refractivity contribution in [1.82, 2.24) is 0 Å². The highest BCUT2D eigenvalue weighted by Crippen LogP contribution is 1.98. The van der Waals surface area contributed by atoms with Crippen LogP contribution in [-0.2, 0) is 14.3 Å². The maximum Gasteiger partial charge on any atom is 0.137 e. The van der Waals surface area contributed by atoms with E-state index in [0.29, 0.717) is 32.2 Å². The molecular weight excluding hydrogens is 192 g/mol. The van der Waals surface area contributed by atoms with Gasteiger partial charge in [0, 0.05) is 18.9 Å². The van der Waals surface area contributed by atoms with Crippen LogP contribution in [0, 0.1) is 11.8 Å². The highest BCUT2D eigenvalue weighted by molar-refractivity contribution is 5.80. The second kappa shape index (κ2) is 8.86. The lowest BCUT2D eigenvalue weighted by atomic mass is 10.1. The van der Waals surface area contributed by atoms with Crippen molar-refractivity contribution in [3.63, 3.8) is 0 Å². The van der Waals surface area contributed by atoms with Gasteiger partial charge >= 0.3 is 0 Å². The van der Waals surface area contributed by atoms with Gasteiger partial charge in [0.05, 0.1) is 19.8 Å². The van der Waals surface area contributed by atoms with Crippen LogP contribution >= 0.6 is 0 Å². The van der Waals surface area contributed by atoms with Crippen LogP contribution in [0.1, 0.15) is 34.1 Å². The predicted molar refractivity (Wildman–Crippen MR) is 60.9 cm³/mol. The van der Waals surface area contributed by atoms with Gasteiger partial charge in [-0.05, 0) is 5.92 Å². The molecule has 0 aromatic rings. The lowest BCUT2D eigenvalue weighted by Gasteiger charge is -2.08. The smallest absolute Gasteiger partial charge is 0.137 e. The van der Waals surface area contributed by atoms with Crippen LogP contribution in [0.5, 0.6) is 0 Å². The van der Waals surface area contributed by atoms with Crippen molar-refractivity contribution in [1.29, 1.82) is 0 Å². The third-order valence-corrected chi connectivity index (χ3v) is 1.96. The van der Waals surface area contributed by atoms with Gasteiger partial charge in [-0.2, -0.15) is 0 Å². The van der Waals surface area contributed by atoms with E-state index in [0.717, 1.165) is 6.61 Å². The second-order valence-corrected chi connectivity index (χ2v) is 4.45. The first-order valence-corrected chi connectivity index (χ1v) is 5.72. The number of carbonyl (C=O) groups excluding carboxylic acids is 1. The molecule has 0 rings (SSSR count). The lowest BCUT2D eigenvalue weighted by molar-refractivity contribution is -0.123. The van der Waals surface area contributed by atoms with E-state index in [4.69, 9.17) is 9.47 Å². The molecule has 0 aliphatic rings. The summed E-state index contributed by atoms with van der Waals surface area (Å²) in [5.41, 5.74) is 0. The molecule has 0 aliphatic carbocycles. The summed E-state index contributed by atoms with van der Waals surface area (Å²) >= 11 is 0. The molecule has 0 heterocycles. The summed E-state index contributed by atoms with van der Waals surface area (Å²) in [7, 11) is 0. The normalized spacial score (nSPS) is 11.3. The second-order valence-electron chi connectivity index (χ2n) is 4.45. The average Bonchev–Trinajstić information content (AvgIpc) is 2.15. The molecule has 0 unspecified atom stereocenters. The van der Waals surface area contributed by atoms with Crippen LogP contribution in [0.3, 0.4) is 0 Å². The standard InChI is InChI=1S/C12H24O3/c1-10(2)9-15-8-7-14-6-5-12(13)11(3)4/h10-11H,5-9H2,1-4H3. The molecule has 3 heteroatoms. The van der Waals surface area contributed by atoms with Crippen LogP contribution < -0.4 is 0 Å². The average molecular weight is 216 g/mol. The van der Waals surface area contributed by atoms with Crippen molar-refractivity contribution >= 4 is 5.78 Å². The third-order valence-electron chi connectivity index (χ3n) is 1.96. The predicted octanol–water partition coefficient (Wildman–Crippen LogP) is 2.29. The zero-order valence-electron chi connectivity index (χ0n) is 10.4. The van der Waals surface area contributed by atoms with Gasteiger partial charge in [-0.1, -0.05) is 27.7 Å². The SMILES string of the molecule is CC(C)COCCOCCC(=O)C(C)C. The Morgan fingerprint density at radius 1 is 1.00 bits per heavy atom. The van der Waals surface area contributed by atoms with Gasteiger partial charge in [0.1, 0.15) is 5.78 Å². The third kappa shape index (κ3) is 9.88. The van der Waals surface area contributed by atoms with Gasteiger partial charge in [-0.3, -0.25) is 4.79 Å². The Hall–Kier alpha value is -0.410. The molecule has 15 heavy (non-hydrogen) atoms. The van der Waals surface area contributed by atoms with E-state index in [-0.39, 0.29) is 11.7 Å². The van der Waals surface area contributed by atoms with Crippen molar-refractivity contribution in [2.45, 2.75) is 34.1 Å². The number of rotatable bonds is 9. The zero-order valence-corrected chi connectivity index (χ0v) is 10.4. The van der Waals surface area contributed by atoms with E-state index >= 15 is 0 Å². The summed E-state index contributed by atoms with van der Waals surface area (Å²) in [6.07, 6.45) is 0.516. The van der Waals surface area contributed by atoms with Gasteiger partial charge in [0.25, 0.3) is 0 Å². The van der Waals surface area contributed by atoms with Crippen LogP contribution in [0.4, 0.5) is 0 Å². The number of ketones is 1. The number of ether oxygens (including phenoxy) is 2. The number of Topliss-reactive ketones (excluding diaryl/α,β-unsaturated/α-hetero) is 1. The van der Waals surface area contributed by atoms with Gasteiger partial charge < -0.3 is 9.47 Å². The van der Waals surface area contributed by atoms with Crippen molar-refractivity contribution in [3.05, 3.63) is 0 Å². The van der Waals surface area contributed by atoms with E-state index in [1.165, 1.54) is 0 Å². The summed E-state index contributed by atoms with van der Waals surface area (Å²) in [5, 5.41) is 0. The Morgan fingerprint density at radius 3 is 2.13 bits per heavy atom. The van der Waals surface area contributed by atoms with Gasteiger partial charge in [-0.25, -0.2) is 0 Å². The summed E-state index contributed by atoms with van der Waals surface area (Å²) in [6, 6.07) is 0. The molecule has 0 bridgehead atoms. The first kappa shape index (κ1) is 14.6. The van der Waals surface area contributed by atoms with Gasteiger partial charge in [0.2, 0.25) is 0 Å². The Labute approximate surface area is 93.1 Å². The molecule has 0 N–H and O–H groups in total. The van der Waals surface area contributed by atoms with Gasteiger partial charge in [0.15, 0.2) is 0 Å². The summed E-state index contributed by atoms with van der Waals surface area (Å²) in [4.78, 5) is 11.2. The molecule has 0 fully saturated rings. The molecule has 0 aromatic heterocycles. The fraction of sp³-hybridized carbons (Fsp3) is 0.917. The number of hydrogen-bond acceptors (Lipinski definition) is 3. The zero-order chi connectivity index (χ0) is 11.7. The quantitative estimate of drug-likeness (QED) is 0.555. The van der Waals surface area contributed by atoms with Crippen LogP contribution in [0.2, 0.25) is 0 Å². The Morgan fingerprint density at radius 2 is 1.60 bits per heavy atom. The monoisotopic (exact) mass is 216 g/mol. The van der Waals surface area contributed by atoms with Crippen LogP contribution in [-0.4, -0.2) is 32.2 Å². The summed E-state index contributed by atoms with van der Waals surface area (Å²) in [6.45, 7) is 10.5. The Kier molecular flexibility index (Phi) is 8.62. The van der Waals surface area contributed by atoms with Crippen LogP contribution in [0.25, 0.3) is 0 Å². The minimum Gasteiger partial charge on any atom is -0.379 e. The van der Waals surface area contributed by atoms with Crippen molar-refractivity contribution in [2.75, 3.05) is 26.4 Å². The topological polar surface area (TPSA) is 35.5 Å². The Bertz CT molecular complexity index is 164. The highest BCUT2D eigenvalue weighted by Gasteiger charge is 2.05. The molecule has 0 radical (unpaired) electrons. The van der Waals surface area contributed by atoms with Gasteiger partial charge in [-0.15, -0.1) is 0 Å². The molecule has 3 nitrogen and oxygen atoms in total. The Balaban J connectivity index is 3.15. The summed E-state index contributed by atoms with van der Waals surface area (Å²) < 4.78 is 10.6. The maximum absolute atomic E-state index is 11.2.